The number of nitrogen functional groups attached to an aromatic ring is 1. The normalized spacial score (nSPS) is 39.0. The third-order valence-corrected chi connectivity index (χ3v) is 4.33. The first kappa shape index (κ1) is 12.9. The van der Waals surface area contributed by atoms with Crippen molar-refractivity contribution in [1.29, 1.82) is 0 Å². The van der Waals surface area contributed by atoms with Crippen LogP contribution < -0.4 is 5.73 Å². The number of aliphatic hydroxyl groups excluding tert-OH is 3. The molecule has 1 spiro atoms. The van der Waals surface area contributed by atoms with Gasteiger partial charge in [-0.05, 0) is 0 Å². The lowest BCUT2D eigenvalue weighted by Gasteiger charge is -2.43. The lowest BCUT2D eigenvalue weighted by atomic mass is 9.73. The minimum Gasteiger partial charge on any atom is -0.393 e. The third kappa shape index (κ3) is 1.62. The fraction of sp³-hybridized carbons (Fsp3) is 0.583. The van der Waals surface area contributed by atoms with Gasteiger partial charge in [0.1, 0.15) is 29.7 Å². The zero-order valence-corrected chi connectivity index (χ0v) is 11.0. The highest BCUT2D eigenvalue weighted by atomic mass is 16.6. The Labute approximate surface area is 119 Å². The lowest BCUT2D eigenvalue weighted by Crippen LogP contribution is -2.55. The van der Waals surface area contributed by atoms with E-state index in [2.05, 4.69) is 15.0 Å². The molecular weight excluding hydrogens is 278 g/mol. The monoisotopic (exact) mass is 293 g/mol. The Balaban J connectivity index is 1.74. The van der Waals surface area contributed by atoms with E-state index in [-0.39, 0.29) is 5.82 Å². The highest BCUT2D eigenvalue weighted by Crippen LogP contribution is 2.49. The van der Waals surface area contributed by atoms with E-state index in [1.165, 1.54) is 17.2 Å². The molecule has 3 atom stereocenters. The van der Waals surface area contributed by atoms with Crippen LogP contribution in [0.15, 0.2) is 12.7 Å². The molecule has 5 N–H and O–H groups in total. The van der Waals surface area contributed by atoms with Crippen molar-refractivity contribution in [2.75, 3.05) is 5.73 Å². The number of anilines is 1. The van der Waals surface area contributed by atoms with Gasteiger partial charge in [-0.15, -0.1) is 0 Å². The average molecular weight is 293 g/mol. The van der Waals surface area contributed by atoms with Gasteiger partial charge in [0, 0.05) is 12.8 Å². The first-order chi connectivity index (χ1) is 10.0. The molecule has 0 aromatic carbocycles. The zero-order valence-electron chi connectivity index (χ0n) is 11.0. The lowest BCUT2D eigenvalue weighted by molar-refractivity contribution is -0.188. The second-order valence-electron chi connectivity index (χ2n) is 5.65. The Hall–Kier alpha value is -1.81. The number of fused-ring (bicyclic) bond motifs is 1. The van der Waals surface area contributed by atoms with Crippen molar-refractivity contribution >= 4 is 17.0 Å². The van der Waals surface area contributed by atoms with Gasteiger partial charge < -0.3 is 25.8 Å². The molecule has 9 nitrogen and oxygen atoms in total. The molecule has 1 aliphatic carbocycles. The largest absolute Gasteiger partial charge is 0.393 e. The molecule has 1 aliphatic heterocycles. The van der Waals surface area contributed by atoms with E-state index in [1.54, 1.807) is 0 Å². The maximum Gasteiger partial charge on any atom is 0.167 e. The molecule has 2 aromatic rings. The summed E-state index contributed by atoms with van der Waals surface area (Å²) in [6, 6.07) is 0. The van der Waals surface area contributed by atoms with Gasteiger partial charge in [-0.3, -0.25) is 4.57 Å². The fourth-order valence-electron chi connectivity index (χ4n) is 3.20. The molecule has 2 aromatic heterocycles. The van der Waals surface area contributed by atoms with E-state index < -0.39 is 30.1 Å². The van der Waals surface area contributed by atoms with E-state index in [9.17, 15) is 15.3 Å². The summed E-state index contributed by atoms with van der Waals surface area (Å²) in [7, 11) is 0. The summed E-state index contributed by atoms with van der Waals surface area (Å²) in [4.78, 5) is 12.1. The molecule has 3 heterocycles. The molecule has 1 saturated heterocycles. The van der Waals surface area contributed by atoms with Crippen LogP contribution in [0, 0.1) is 0 Å². The molecular formula is C12H15N5O4. The van der Waals surface area contributed by atoms with Crippen molar-refractivity contribution in [3.8, 4) is 0 Å². The van der Waals surface area contributed by atoms with Crippen molar-refractivity contribution in [1.82, 2.24) is 19.5 Å². The Morgan fingerprint density at radius 1 is 1.24 bits per heavy atom. The number of rotatable bonds is 1. The van der Waals surface area contributed by atoms with Crippen LogP contribution >= 0.6 is 0 Å². The van der Waals surface area contributed by atoms with Crippen LogP contribution in [0.4, 0.5) is 5.82 Å². The first-order valence-electron chi connectivity index (χ1n) is 6.67. The van der Waals surface area contributed by atoms with Crippen LogP contribution in [0.2, 0.25) is 0 Å². The molecule has 21 heavy (non-hydrogen) atoms. The number of aromatic nitrogens is 4. The molecule has 0 radical (unpaired) electrons. The molecule has 2 aliphatic rings. The molecule has 4 rings (SSSR count). The van der Waals surface area contributed by atoms with Crippen molar-refractivity contribution in [3.05, 3.63) is 12.7 Å². The fourth-order valence-corrected chi connectivity index (χ4v) is 3.20. The van der Waals surface area contributed by atoms with Gasteiger partial charge in [-0.25, -0.2) is 15.0 Å². The standard InChI is InChI=1S/C12H15N5O4/c13-9-6-10(15-3-14-9)17(4-16-6)11-7(19)8(20)12(21-11)1-5(18)2-12/h3-5,7-8,11,18-20H,1-2H2,(H2,13,14,15)/t5-,7-,8+,11-,12-/m1/s1. The molecule has 0 bridgehead atoms. The summed E-state index contributed by atoms with van der Waals surface area (Å²) >= 11 is 0. The number of hydrogen-bond donors (Lipinski definition) is 4. The molecule has 0 unspecified atom stereocenters. The van der Waals surface area contributed by atoms with Gasteiger partial charge in [0.25, 0.3) is 0 Å². The third-order valence-electron chi connectivity index (χ3n) is 4.33. The van der Waals surface area contributed by atoms with Gasteiger partial charge in [0.05, 0.1) is 12.4 Å². The maximum atomic E-state index is 10.3. The van der Waals surface area contributed by atoms with E-state index in [0.29, 0.717) is 24.0 Å². The summed E-state index contributed by atoms with van der Waals surface area (Å²) in [5.74, 6) is 0.237. The van der Waals surface area contributed by atoms with Crippen LogP contribution in [0.1, 0.15) is 19.1 Å². The molecule has 9 heteroatoms. The van der Waals surface area contributed by atoms with Gasteiger partial charge in [0.15, 0.2) is 17.7 Å². The number of hydrogen-bond acceptors (Lipinski definition) is 8. The van der Waals surface area contributed by atoms with Crippen molar-refractivity contribution in [2.24, 2.45) is 0 Å². The second-order valence-corrected chi connectivity index (χ2v) is 5.65. The van der Waals surface area contributed by atoms with E-state index in [4.69, 9.17) is 10.5 Å². The number of ether oxygens (including phenoxy) is 1. The van der Waals surface area contributed by atoms with Crippen LogP contribution in [0.3, 0.4) is 0 Å². The topological polar surface area (TPSA) is 140 Å². The Morgan fingerprint density at radius 2 is 2.00 bits per heavy atom. The molecule has 0 amide bonds. The first-order valence-corrected chi connectivity index (χ1v) is 6.67. The number of imidazole rings is 1. The van der Waals surface area contributed by atoms with Gasteiger partial charge in [-0.2, -0.15) is 0 Å². The minimum absolute atomic E-state index is 0.237. The Bertz CT molecular complexity index is 698. The highest BCUT2D eigenvalue weighted by molar-refractivity contribution is 5.81. The predicted octanol–water partition coefficient (Wildman–Crippen LogP) is -1.45. The number of aliphatic hydroxyl groups is 3. The summed E-state index contributed by atoms with van der Waals surface area (Å²) in [6.07, 6.45) is -0.193. The quantitative estimate of drug-likeness (QED) is 0.501. The molecule has 1 saturated carbocycles. The van der Waals surface area contributed by atoms with Crippen LogP contribution in [-0.4, -0.2) is 58.8 Å². The SMILES string of the molecule is Nc1ncnc2c1ncn2[C@@H]1O[C@]2(C[C@H](O)C2)[C@@H](O)[C@H]1O. The van der Waals surface area contributed by atoms with Crippen LogP contribution in [-0.2, 0) is 4.74 Å². The smallest absolute Gasteiger partial charge is 0.167 e. The van der Waals surface area contributed by atoms with E-state index >= 15 is 0 Å². The zero-order chi connectivity index (χ0) is 14.8. The predicted molar refractivity (Wildman–Crippen MR) is 69.8 cm³/mol. The van der Waals surface area contributed by atoms with Crippen LogP contribution in [0.5, 0.6) is 0 Å². The molecule has 112 valence electrons. The van der Waals surface area contributed by atoms with E-state index in [1.807, 2.05) is 0 Å². The summed E-state index contributed by atoms with van der Waals surface area (Å²) < 4.78 is 7.36. The number of nitrogens with zero attached hydrogens (tertiary/aromatic N) is 4. The summed E-state index contributed by atoms with van der Waals surface area (Å²) in [5.41, 5.74) is 5.66. The van der Waals surface area contributed by atoms with Gasteiger partial charge in [0.2, 0.25) is 0 Å². The Morgan fingerprint density at radius 3 is 2.71 bits per heavy atom. The summed E-state index contributed by atoms with van der Waals surface area (Å²) in [6.45, 7) is 0. The minimum atomic E-state index is -1.13. The van der Waals surface area contributed by atoms with E-state index in [0.717, 1.165) is 0 Å². The molecule has 2 fully saturated rings. The van der Waals surface area contributed by atoms with Gasteiger partial charge in [-0.1, -0.05) is 0 Å². The Kier molecular flexibility index (Phi) is 2.52. The van der Waals surface area contributed by atoms with Crippen LogP contribution in [0.25, 0.3) is 11.2 Å². The van der Waals surface area contributed by atoms with Crippen molar-refractivity contribution in [2.45, 2.75) is 43.0 Å². The van der Waals surface area contributed by atoms with Crippen molar-refractivity contribution < 1.29 is 20.1 Å². The maximum absolute atomic E-state index is 10.3. The van der Waals surface area contributed by atoms with Crippen molar-refractivity contribution in [3.63, 3.8) is 0 Å². The van der Waals surface area contributed by atoms with Gasteiger partial charge >= 0.3 is 0 Å². The highest BCUT2D eigenvalue weighted by Gasteiger charge is 2.61. The average Bonchev–Trinajstić information content (AvgIpc) is 2.95. The summed E-state index contributed by atoms with van der Waals surface area (Å²) in [5, 5.41) is 29.9. The second kappa shape index (κ2) is 4.10. The number of nitrogens with two attached hydrogens (primary N) is 1.